The number of aliphatic hydroxyl groups excluding tert-OH is 1. The van der Waals surface area contributed by atoms with Gasteiger partial charge in [-0.2, -0.15) is 13.8 Å². The second kappa shape index (κ2) is 9.27. The van der Waals surface area contributed by atoms with Crippen LogP contribution in [0.4, 0.5) is 14.6 Å². The molecule has 3 aromatic rings. The van der Waals surface area contributed by atoms with Crippen LogP contribution < -0.4 is 21.8 Å². The first-order chi connectivity index (χ1) is 16.5. The largest absolute Gasteiger partial charge is 0.405 e. The molecule has 3 atom stereocenters. The van der Waals surface area contributed by atoms with Gasteiger partial charge in [-0.25, -0.2) is 4.79 Å². The second-order valence-electron chi connectivity index (χ2n) is 9.66. The van der Waals surface area contributed by atoms with Crippen molar-refractivity contribution < 1.29 is 23.1 Å². The van der Waals surface area contributed by atoms with E-state index >= 15 is 8.78 Å². The average molecular weight is 502 g/mol. The highest BCUT2D eigenvalue weighted by Crippen LogP contribution is 2.43. The Hall–Kier alpha value is -2.92. The summed E-state index contributed by atoms with van der Waals surface area (Å²) in [4.78, 5) is 15.7. The Morgan fingerprint density at radius 3 is 2.11 bits per heavy atom. The lowest BCUT2D eigenvalue weighted by molar-refractivity contribution is -0.140. The van der Waals surface area contributed by atoms with E-state index in [0.717, 1.165) is 16.6 Å². The standard InChI is InChI=1S/C25H29F2N3O4Si/c1-24(2,3)35(17-10-6-4-7-11-17,18-12-8-5-9-13-18)33-16-19-21(31)25(26,27)22(34-19)30-15-14-20(28)29-23(30)32/h4-15,19,21-22,31H,16H2,1-3H3,(H2,28,29,32)/t19-,21?,22-/m1/s1. The van der Waals surface area contributed by atoms with Gasteiger partial charge >= 0.3 is 11.6 Å². The highest BCUT2D eigenvalue weighted by Gasteiger charge is 2.60. The third kappa shape index (κ3) is 4.42. The monoisotopic (exact) mass is 501 g/mol. The van der Waals surface area contributed by atoms with Crippen LogP contribution in [0.3, 0.4) is 0 Å². The maximum atomic E-state index is 15.1. The predicted octanol–water partition coefficient (Wildman–Crippen LogP) is 2.30. The van der Waals surface area contributed by atoms with E-state index in [-0.39, 0.29) is 17.5 Å². The molecule has 35 heavy (non-hydrogen) atoms. The van der Waals surface area contributed by atoms with Crippen LogP contribution in [0.2, 0.25) is 5.04 Å². The van der Waals surface area contributed by atoms with Crippen LogP contribution in [0.25, 0.3) is 0 Å². The zero-order valence-corrected chi connectivity index (χ0v) is 20.8. The Labute approximate surface area is 203 Å². The number of rotatable bonds is 6. The van der Waals surface area contributed by atoms with Crippen LogP contribution in [0.15, 0.2) is 77.7 Å². The Kier molecular flexibility index (Phi) is 6.67. The smallest absolute Gasteiger partial charge is 0.351 e. The third-order valence-electron chi connectivity index (χ3n) is 6.36. The van der Waals surface area contributed by atoms with Gasteiger partial charge in [-0.15, -0.1) is 0 Å². The van der Waals surface area contributed by atoms with Crippen LogP contribution in [-0.4, -0.2) is 47.7 Å². The molecular weight excluding hydrogens is 472 g/mol. The van der Waals surface area contributed by atoms with Crippen molar-refractivity contribution in [2.45, 2.75) is 50.2 Å². The van der Waals surface area contributed by atoms with Gasteiger partial charge in [-0.1, -0.05) is 81.4 Å². The number of hydrogen-bond donors (Lipinski definition) is 2. The summed E-state index contributed by atoms with van der Waals surface area (Å²) < 4.78 is 43.0. The summed E-state index contributed by atoms with van der Waals surface area (Å²) in [5.74, 6) is -3.85. The van der Waals surface area contributed by atoms with E-state index in [0.29, 0.717) is 4.57 Å². The summed E-state index contributed by atoms with van der Waals surface area (Å²) in [6, 6.07) is 20.6. The Morgan fingerprint density at radius 1 is 1.09 bits per heavy atom. The first-order valence-corrected chi connectivity index (χ1v) is 13.2. The first-order valence-electron chi connectivity index (χ1n) is 11.3. The molecule has 0 aliphatic carbocycles. The number of halogens is 2. The SMILES string of the molecule is CC(C)(C)[Si](OC[C@H]1O[C@@H](n2ccc(N)nc2=O)C(F)(F)C1O)(c1ccccc1)c1ccccc1. The molecule has 186 valence electrons. The summed E-state index contributed by atoms with van der Waals surface area (Å²) in [6.45, 7) is 5.88. The molecule has 4 rings (SSSR count). The van der Waals surface area contributed by atoms with E-state index in [9.17, 15) is 9.90 Å². The molecule has 0 bridgehead atoms. The fourth-order valence-electron chi connectivity index (χ4n) is 4.68. The summed E-state index contributed by atoms with van der Waals surface area (Å²) in [7, 11) is -3.05. The number of nitrogens with zero attached hydrogens (tertiary/aromatic N) is 2. The van der Waals surface area contributed by atoms with Gasteiger partial charge in [-0.05, 0) is 21.5 Å². The van der Waals surface area contributed by atoms with Crippen molar-refractivity contribution in [2.75, 3.05) is 12.3 Å². The lowest BCUT2D eigenvalue weighted by atomic mass is 10.1. The molecule has 0 radical (unpaired) electrons. The lowest BCUT2D eigenvalue weighted by Crippen LogP contribution is -2.67. The molecular formula is C25H29F2N3O4Si. The minimum absolute atomic E-state index is 0.0975. The summed E-state index contributed by atoms with van der Waals surface area (Å²) >= 11 is 0. The van der Waals surface area contributed by atoms with Crippen molar-refractivity contribution in [3.05, 3.63) is 83.4 Å². The fourth-order valence-corrected chi connectivity index (χ4v) is 9.25. The minimum atomic E-state index is -3.75. The normalized spacial score (nSPS) is 22.3. The van der Waals surface area contributed by atoms with Gasteiger partial charge in [0, 0.05) is 6.20 Å². The van der Waals surface area contributed by atoms with Crippen LogP contribution >= 0.6 is 0 Å². The van der Waals surface area contributed by atoms with E-state index in [1.165, 1.54) is 6.07 Å². The van der Waals surface area contributed by atoms with Crippen LogP contribution in [0.5, 0.6) is 0 Å². The van der Waals surface area contributed by atoms with E-state index in [1.807, 2.05) is 60.7 Å². The van der Waals surface area contributed by atoms with Crippen molar-refractivity contribution in [3.63, 3.8) is 0 Å². The van der Waals surface area contributed by atoms with Gasteiger partial charge in [0.05, 0.1) is 6.61 Å². The highest BCUT2D eigenvalue weighted by molar-refractivity contribution is 6.99. The number of benzene rings is 2. The molecule has 1 saturated heterocycles. The predicted molar refractivity (Wildman–Crippen MR) is 131 cm³/mol. The lowest BCUT2D eigenvalue weighted by Gasteiger charge is -2.43. The molecule has 1 aromatic heterocycles. The molecule has 1 unspecified atom stereocenters. The number of alkyl halides is 2. The summed E-state index contributed by atoms with van der Waals surface area (Å²) in [5.41, 5.74) is 4.49. The van der Waals surface area contributed by atoms with E-state index in [2.05, 4.69) is 25.8 Å². The summed E-state index contributed by atoms with van der Waals surface area (Å²) in [5, 5.41) is 12.1. The number of aliphatic hydroxyl groups is 1. The highest BCUT2D eigenvalue weighted by atomic mass is 28.4. The van der Waals surface area contributed by atoms with Gasteiger partial charge in [0.1, 0.15) is 11.9 Å². The van der Waals surface area contributed by atoms with Gasteiger partial charge in [0.25, 0.3) is 8.32 Å². The Bertz CT molecular complexity index is 1180. The van der Waals surface area contributed by atoms with Crippen molar-refractivity contribution in [1.82, 2.24) is 9.55 Å². The number of nitrogens with two attached hydrogens (primary N) is 1. The van der Waals surface area contributed by atoms with Crippen molar-refractivity contribution in [2.24, 2.45) is 0 Å². The van der Waals surface area contributed by atoms with Crippen molar-refractivity contribution in [3.8, 4) is 0 Å². The van der Waals surface area contributed by atoms with Gasteiger partial charge in [-0.3, -0.25) is 4.57 Å². The second-order valence-corrected chi connectivity index (χ2v) is 14.0. The molecule has 1 fully saturated rings. The molecule has 1 aliphatic heterocycles. The Balaban J connectivity index is 1.71. The van der Waals surface area contributed by atoms with Crippen LogP contribution in [0.1, 0.15) is 27.0 Å². The average Bonchev–Trinajstić information content (AvgIpc) is 3.03. The number of anilines is 1. The topological polar surface area (TPSA) is 99.6 Å². The molecule has 0 amide bonds. The van der Waals surface area contributed by atoms with Gasteiger partial charge < -0.3 is 20.0 Å². The molecule has 7 nitrogen and oxygen atoms in total. The van der Waals surface area contributed by atoms with Crippen molar-refractivity contribution >= 4 is 24.5 Å². The third-order valence-corrected chi connectivity index (χ3v) is 11.4. The number of aromatic nitrogens is 2. The minimum Gasteiger partial charge on any atom is -0.405 e. The van der Waals surface area contributed by atoms with E-state index < -0.39 is 38.4 Å². The maximum absolute atomic E-state index is 15.1. The van der Waals surface area contributed by atoms with E-state index in [1.54, 1.807) is 0 Å². The molecule has 10 heteroatoms. The van der Waals surface area contributed by atoms with Crippen LogP contribution in [-0.2, 0) is 9.16 Å². The Morgan fingerprint density at radius 2 is 1.63 bits per heavy atom. The first kappa shape index (κ1) is 25.2. The fraction of sp³-hybridized carbons (Fsp3) is 0.360. The molecule has 1 aliphatic rings. The maximum Gasteiger partial charge on any atom is 0.351 e. The summed E-state index contributed by atoms with van der Waals surface area (Å²) in [6.07, 6.45) is -4.51. The molecule has 0 saturated carbocycles. The van der Waals surface area contributed by atoms with Gasteiger partial charge in [0.15, 0.2) is 6.10 Å². The number of hydrogen-bond acceptors (Lipinski definition) is 6. The molecule has 0 spiro atoms. The quantitative estimate of drug-likeness (QED) is 0.503. The van der Waals surface area contributed by atoms with E-state index in [4.69, 9.17) is 14.9 Å². The zero-order chi connectivity index (χ0) is 25.4. The van der Waals surface area contributed by atoms with Gasteiger partial charge in [0.2, 0.25) is 6.23 Å². The molecule has 3 N–H and O–H groups in total. The molecule has 2 aromatic carbocycles. The molecule has 2 heterocycles. The number of nitrogen functional groups attached to an aromatic ring is 1. The number of ether oxygens (including phenoxy) is 1. The van der Waals surface area contributed by atoms with Crippen molar-refractivity contribution in [1.29, 1.82) is 0 Å². The van der Waals surface area contributed by atoms with Crippen LogP contribution in [0, 0.1) is 0 Å². The zero-order valence-electron chi connectivity index (χ0n) is 19.8.